The van der Waals surface area contributed by atoms with E-state index in [2.05, 4.69) is 10.6 Å². The molecule has 0 spiro atoms. The Morgan fingerprint density at radius 1 is 1.31 bits per heavy atom. The van der Waals surface area contributed by atoms with Gasteiger partial charge in [-0.25, -0.2) is 4.79 Å². The van der Waals surface area contributed by atoms with Crippen LogP contribution in [0.5, 0.6) is 0 Å². The topological polar surface area (TPSA) is 61.4 Å². The number of amides is 3. The molecule has 0 fully saturated rings. The van der Waals surface area contributed by atoms with Gasteiger partial charge in [-0.2, -0.15) is 0 Å². The zero-order chi connectivity index (χ0) is 12.6. The maximum atomic E-state index is 11.4. The first-order valence-corrected chi connectivity index (χ1v) is 5.79. The van der Waals surface area contributed by atoms with Gasteiger partial charge in [-0.1, -0.05) is 6.92 Å². The van der Waals surface area contributed by atoms with Gasteiger partial charge in [0, 0.05) is 32.6 Å². The molecule has 0 heterocycles. The fourth-order valence-electron chi connectivity index (χ4n) is 1.01. The minimum absolute atomic E-state index is 0.0196. The SMILES string of the molecule is CCC(C)NC(=O)CCNC(=O)N(C)CC. The van der Waals surface area contributed by atoms with Gasteiger partial charge in [-0.3, -0.25) is 4.79 Å². The molecule has 16 heavy (non-hydrogen) atoms. The highest BCUT2D eigenvalue weighted by atomic mass is 16.2. The van der Waals surface area contributed by atoms with E-state index in [0.29, 0.717) is 19.5 Å². The van der Waals surface area contributed by atoms with Gasteiger partial charge in [0.2, 0.25) is 5.91 Å². The molecule has 0 radical (unpaired) electrons. The minimum atomic E-state index is -0.140. The summed E-state index contributed by atoms with van der Waals surface area (Å²) in [6.45, 7) is 6.91. The average molecular weight is 229 g/mol. The Balaban J connectivity index is 3.66. The molecule has 0 aromatic rings. The third kappa shape index (κ3) is 6.27. The molecule has 0 saturated carbocycles. The number of hydrogen-bond donors (Lipinski definition) is 2. The monoisotopic (exact) mass is 229 g/mol. The van der Waals surface area contributed by atoms with E-state index in [9.17, 15) is 9.59 Å². The lowest BCUT2D eigenvalue weighted by atomic mass is 10.2. The van der Waals surface area contributed by atoms with Crippen LogP contribution in [0.1, 0.15) is 33.6 Å². The Morgan fingerprint density at radius 3 is 2.44 bits per heavy atom. The third-order valence-corrected chi connectivity index (χ3v) is 2.47. The summed E-state index contributed by atoms with van der Waals surface area (Å²) in [6, 6.07) is 0.0559. The molecule has 0 aliphatic carbocycles. The van der Waals surface area contributed by atoms with Crippen molar-refractivity contribution in [1.82, 2.24) is 15.5 Å². The molecule has 3 amide bonds. The van der Waals surface area contributed by atoms with Crippen molar-refractivity contribution < 1.29 is 9.59 Å². The molecule has 0 bridgehead atoms. The lowest BCUT2D eigenvalue weighted by molar-refractivity contribution is -0.121. The standard InChI is InChI=1S/C11H23N3O2/c1-5-9(3)13-10(15)7-8-12-11(16)14(4)6-2/h9H,5-8H2,1-4H3,(H,12,16)(H,13,15). The van der Waals surface area contributed by atoms with Crippen LogP contribution in [0.3, 0.4) is 0 Å². The predicted octanol–water partition coefficient (Wildman–Crippen LogP) is 0.952. The number of carbonyl (C=O) groups is 2. The molecule has 0 aliphatic heterocycles. The molecule has 5 heteroatoms. The lowest BCUT2D eigenvalue weighted by Crippen LogP contribution is -2.40. The highest BCUT2D eigenvalue weighted by molar-refractivity contribution is 5.78. The van der Waals surface area contributed by atoms with Crippen LogP contribution >= 0.6 is 0 Å². The number of hydrogen-bond acceptors (Lipinski definition) is 2. The molecule has 0 saturated heterocycles. The number of urea groups is 1. The van der Waals surface area contributed by atoms with Gasteiger partial charge < -0.3 is 15.5 Å². The van der Waals surface area contributed by atoms with Gasteiger partial charge in [0.25, 0.3) is 0 Å². The molecule has 1 unspecified atom stereocenters. The molecular weight excluding hydrogens is 206 g/mol. The fourth-order valence-corrected chi connectivity index (χ4v) is 1.01. The highest BCUT2D eigenvalue weighted by Gasteiger charge is 2.08. The Hall–Kier alpha value is -1.26. The Morgan fingerprint density at radius 2 is 1.94 bits per heavy atom. The van der Waals surface area contributed by atoms with Gasteiger partial charge in [0.1, 0.15) is 0 Å². The molecule has 0 aromatic carbocycles. The second kappa shape index (κ2) is 7.96. The maximum Gasteiger partial charge on any atom is 0.317 e. The van der Waals surface area contributed by atoms with Gasteiger partial charge in [0.15, 0.2) is 0 Å². The van der Waals surface area contributed by atoms with E-state index >= 15 is 0 Å². The molecular formula is C11H23N3O2. The van der Waals surface area contributed by atoms with Crippen molar-refractivity contribution in [2.45, 2.75) is 39.7 Å². The van der Waals surface area contributed by atoms with E-state index < -0.39 is 0 Å². The van der Waals surface area contributed by atoms with Crippen molar-refractivity contribution in [3.05, 3.63) is 0 Å². The predicted molar refractivity (Wildman–Crippen MR) is 64.2 cm³/mol. The van der Waals surface area contributed by atoms with Crippen LogP contribution in [0.25, 0.3) is 0 Å². The Bertz CT molecular complexity index is 231. The van der Waals surface area contributed by atoms with Gasteiger partial charge in [-0.05, 0) is 20.3 Å². The number of nitrogens with zero attached hydrogens (tertiary/aromatic N) is 1. The summed E-state index contributed by atoms with van der Waals surface area (Å²) in [4.78, 5) is 24.2. The largest absolute Gasteiger partial charge is 0.354 e. The maximum absolute atomic E-state index is 11.4. The molecule has 0 aromatic heterocycles. The summed E-state index contributed by atoms with van der Waals surface area (Å²) in [5.41, 5.74) is 0. The molecule has 0 rings (SSSR count). The van der Waals surface area contributed by atoms with Gasteiger partial charge in [-0.15, -0.1) is 0 Å². The zero-order valence-electron chi connectivity index (χ0n) is 10.7. The van der Waals surface area contributed by atoms with E-state index in [4.69, 9.17) is 0 Å². The van der Waals surface area contributed by atoms with Crippen LogP contribution in [0.15, 0.2) is 0 Å². The normalized spacial score (nSPS) is 11.8. The first-order chi connectivity index (χ1) is 7.51. The molecule has 2 N–H and O–H groups in total. The number of carbonyl (C=O) groups excluding carboxylic acids is 2. The van der Waals surface area contributed by atoms with Crippen LogP contribution in [0.2, 0.25) is 0 Å². The first kappa shape index (κ1) is 14.7. The summed E-state index contributed by atoms with van der Waals surface area (Å²) in [6.07, 6.45) is 1.24. The summed E-state index contributed by atoms with van der Waals surface area (Å²) >= 11 is 0. The van der Waals surface area contributed by atoms with E-state index in [1.807, 2.05) is 20.8 Å². The van der Waals surface area contributed by atoms with Crippen LogP contribution in [0.4, 0.5) is 4.79 Å². The molecule has 0 aliphatic rings. The number of rotatable bonds is 6. The van der Waals surface area contributed by atoms with E-state index in [1.54, 1.807) is 11.9 Å². The third-order valence-electron chi connectivity index (χ3n) is 2.47. The lowest BCUT2D eigenvalue weighted by Gasteiger charge is -2.16. The second-order valence-electron chi connectivity index (χ2n) is 3.87. The van der Waals surface area contributed by atoms with Crippen molar-refractivity contribution in [3.8, 4) is 0 Å². The molecule has 5 nitrogen and oxygen atoms in total. The Kier molecular flexibility index (Phi) is 7.33. The van der Waals surface area contributed by atoms with Crippen molar-refractivity contribution in [1.29, 1.82) is 0 Å². The average Bonchev–Trinajstić information content (AvgIpc) is 2.27. The highest BCUT2D eigenvalue weighted by Crippen LogP contribution is 1.89. The smallest absolute Gasteiger partial charge is 0.317 e. The first-order valence-electron chi connectivity index (χ1n) is 5.79. The van der Waals surface area contributed by atoms with E-state index in [-0.39, 0.29) is 18.0 Å². The Labute approximate surface area is 97.6 Å². The van der Waals surface area contributed by atoms with Gasteiger partial charge >= 0.3 is 6.03 Å². The van der Waals surface area contributed by atoms with E-state index in [0.717, 1.165) is 6.42 Å². The fraction of sp³-hybridized carbons (Fsp3) is 0.818. The van der Waals surface area contributed by atoms with Crippen LogP contribution in [0, 0.1) is 0 Å². The van der Waals surface area contributed by atoms with Crippen LogP contribution in [-0.4, -0.2) is 43.0 Å². The van der Waals surface area contributed by atoms with Crippen LogP contribution < -0.4 is 10.6 Å². The summed E-state index contributed by atoms with van der Waals surface area (Å²) in [7, 11) is 1.72. The molecule has 1 atom stereocenters. The van der Waals surface area contributed by atoms with Crippen molar-refractivity contribution >= 4 is 11.9 Å². The van der Waals surface area contributed by atoms with Crippen molar-refractivity contribution in [3.63, 3.8) is 0 Å². The van der Waals surface area contributed by atoms with Crippen molar-refractivity contribution in [2.24, 2.45) is 0 Å². The van der Waals surface area contributed by atoms with Crippen LogP contribution in [-0.2, 0) is 4.79 Å². The summed E-state index contributed by atoms with van der Waals surface area (Å²) in [5, 5.41) is 5.52. The van der Waals surface area contributed by atoms with Gasteiger partial charge in [0.05, 0.1) is 0 Å². The zero-order valence-corrected chi connectivity index (χ0v) is 10.7. The number of nitrogens with one attached hydrogen (secondary N) is 2. The quantitative estimate of drug-likeness (QED) is 0.712. The van der Waals surface area contributed by atoms with Crippen molar-refractivity contribution in [2.75, 3.05) is 20.1 Å². The summed E-state index contributed by atoms with van der Waals surface area (Å²) in [5.74, 6) is -0.0196. The molecule has 94 valence electrons. The minimum Gasteiger partial charge on any atom is -0.354 e. The van der Waals surface area contributed by atoms with E-state index in [1.165, 1.54) is 0 Å². The second-order valence-corrected chi connectivity index (χ2v) is 3.87. The summed E-state index contributed by atoms with van der Waals surface area (Å²) < 4.78 is 0.